The van der Waals surface area contributed by atoms with Crippen LogP contribution in [0.2, 0.25) is 0 Å². The molecule has 0 aliphatic rings. The summed E-state index contributed by atoms with van der Waals surface area (Å²) < 4.78 is 7.18. The van der Waals surface area contributed by atoms with Crippen LogP contribution in [0.3, 0.4) is 0 Å². The summed E-state index contributed by atoms with van der Waals surface area (Å²) in [5.74, 6) is 0. The Morgan fingerprint density at radius 2 is 2.29 bits per heavy atom. The molecule has 0 bridgehead atoms. The monoisotopic (exact) mass is 239 g/mol. The molecule has 0 fully saturated rings. The first-order valence-corrected chi connectivity index (χ1v) is 6.48. The zero-order valence-electron chi connectivity index (χ0n) is 11.3. The number of aromatic nitrogens is 2. The molecule has 17 heavy (non-hydrogen) atoms. The summed E-state index contributed by atoms with van der Waals surface area (Å²) in [5, 5.41) is 3.59. The van der Waals surface area contributed by atoms with Gasteiger partial charge in [0.15, 0.2) is 0 Å². The van der Waals surface area contributed by atoms with Crippen LogP contribution in [0.5, 0.6) is 0 Å². The van der Waals surface area contributed by atoms with Crippen LogP contribution in [0.15, 0.2) is 12.5 Å². The molecular weight excluding hydrogens is 214 g/mol. The van der Waals surface area contributed by atoms with Crippen LogP contribution in [-0.2, 0) is 11.8 Å². The second-order valence-corrected chi connectivity index (χ2v) is 4.42. The van der Waals surface area contributed by atoms with Crippen molar-refractivity contribution in [3.05, 3.63) is 18.2 Å². The van der Waals surface area contributed by atoms with Crippen molar-refractivity contribution >= 4 is 0 Å². The van der Waals surface area contributed by atoms with Crippen molar-refractivity contribution in [2.45, 2.75) is 38.6 Å². The Kier molecular flexibility index (Phi) is 6.89. The molecule has 0 aliphatic heterocycles. The topological polar surface area (TPSA) is 39.1 Å². The van der Waals surface area contributed by atoms with Gasteiger partial charge in [-0.05, 0) is 32.2 Å². The van der Waals surface area contributed by atoms with E-state index in [0.717, 1.165) is 32.4 Å². The van der Waals surface area contributed by atoms with Crippen LogP contribution in [0.1, 0.15) is 44.3 Å². The van der Waals surface area contributed by atoms with E-state index in [-0.39, 0.29) is 0 Å². The number of methoxy groups -OCH3 is 1. The van der Waals surface area contributed by atoms with Gasteiger partial charge in [0.05, 0.1) is 12.0 Å². The maximum atomic E-state index is 5.08. The lowest BCUT2D eigenvalue weighted by Gasteiger charge is -2.18. The fraction of sp³-hybridized carbons (Fsp3) is 0.769. The molecule has 0 aliphatic carbocycles. The van der Waals surface area contributed by atoms with Crippen molar-refractivity contribution in [2.75, 3.05) is 20.3 Å². The van der Waals surface area contributed by atoms with E-state index in [1.165, 1.54) is 12.1 Å². The highest BCUT2D eigenvalue weighted by molar-refractivity contribution is 5.04. The maximum absolute atomic E-state index is 5.08. The van der Waals surface area contributed by atoms with Crippen molar-refractivity contribution in [3.63, 3.8) is 0 Å². The molecule has 0 amide bonds. The molecule has 4 nitrogen and oxygen atoms in total. The molecule has 98 valence electrons. The third-order valence-corrected chi connectivity index (χ3v) is 2.94. The van der Waals surface area contributed by atoms with Gasteiger partial charge in [0.1, 0.15) is 0 Å². The number of hydrogen-bond donors (Lipinski definition) is 1. The van der Waals surface area contributed by atoms with Gasteiger partial charge in [-0.3, -0.25) is 0 Å². The van der Waals surface area contributed by atoms with Gasteiger partial charge in [0.25, 0.3) is 0 Å². The molecule has 1 N–H and O–H groups in total. The number of aryl methyl sites for hydroxylation is 1. The first-order valence-electron chi connectivity index (χ1n) is 6.48. The number of nitrogens with one attached hydrogen (secondary N) is 1. The largest absolute Gasteiger partial charge is 0.385 e. The number of hydrogen-bond acceptors (Lipinski definition) is 3. The molecule has 0 radical (unpaired) electrons. The summed E-state index contributed by atoms with van der Waals surface area (Å²) in [6, 6.07) is 0.416. The van der Waals surface area contributed by atoms with E-state index in [9.17, 15) is 0 Å². The Hall–Kier alpha value is -0.870. The van der Waals surface area contributed by atoms with E-state index in [4.69, 9.17) is 4.74 Å². The van der Waals surface area contributed by atoms with E-state index in [2.05, 4.69) is 28.8 Å². The molecule has 1 heterocycles. The summed E-state index contributed by atoms with van der Waals surface area (Å²) in [7, 11) is 3.81. The number of imidazole rings is 1. The minimum absolute atomic E-state index is 0.416. The summed E-state index contributed by atoms with van der Waals surface area (Å²) in [6.45, 7) is 4.10. The lowest BCUT2D eigenvalue weighted by molar-refractivity contribution is 0.190. The normalized spacial score (nSPS) is 12.9. The predicted octanol–water partition coefficient (Wildman–Crippen LogP) is 2.28. The molecule has 4 heteroatoms. The second kappa shape index (κ2) is 8.25. The van der Waals surface area contributed by atoms with Crippen LogP contribution in [0, 0.1) is 0 Å². The van der Waals surface area contributed by atoms with Crippen molar-refractivity contribution < 1.29 is 4.74 Å². The van der Waals surface area contributed by atoms with E-state index >= 15 is 0 Å². The van der Waals surface area contributed by atoms with Gasteiger partial charge in [-0.15, -0.1) is 0 Å². The minimum Gasteiger partial charge on any atom is -0.385 e. The fourth-order valence-electron chi connectivity index (χ4n) is 1.97. The highest BCUT2D eigenvalue weighted by atomic mass is 16.5. The van der Waals surface area contributed by atoms with Crippen LogP contribution in [-0.4, -0.2) is 29.8 Å². The summed E-state index contributed by atoms with van der Waals surface area (Å²) in [4.78, 5) is 4.19. The van der Waals surface area contributed by atoms with E-state index in [0.29, 0.717) is 6.04 Å². The zero-order chi connectivity index (χ0) is 12.5. The van der Waals surface area contributed by atoms with E-state index < -0.39 is 0 Å². The Bertz CT molecular complexity index is 299. The van der Waals surface area contributed by atoms with Crippen LogP contribution in [0.25, 0.3) is 0 Å². The van der Waals surface area contributed by atoms with Crippen LogP contribution in [0.4, 0.5) is 0 Å². The molecule has 0 aromatic carbocycles. The average molecular weight is 239 g/mol. The first-order chi connectivity index (χ1) is 8.29. The van der Waals surface area contributed by atoms with Gasteiger partial charge in [0, 0.05) is 33.0 Å². The van der Waals surface area contributed by atoms with E-state index in [1.807, 2.05) is 12.5 Å². The van der Waals surface area contributed by atoms with Gasteiger partial charge < -0.3 is 14.6 Å². The van der Waals surface area contributed by atoms with E-state index in [1.54, 1.807) is 7.11 Å². The SMILES string of the molecule is CCCNC(CCCCOC)c1cncn1C. The predicted molar refractivity (Wildman–Crippen MR) is 70.0 cm³/mol. The molecule has 0 spiro atoms. The Labute approximate surface area is 104 Å². The molecule has 1 rings (SSSR count). The highest BCUT2D eigenvalue weighted by Gasteiger charge is 2.13. The second-order valence-electron chi connectivity index (χ2n) is 4.42. The van der Waals surface area contributed by atoms with Crippen molar-refractivity contribution in [1.29, 1.82) is 0 Å². The van der Waals surface area contributed by atoms with Crippen LogP contribution >= 0.6 is 0 Å². The van der Waals surface area contributed by atoms with Gasteiger partial charge in [-0.2, -0.15) is 0 Å². The fourth-order valence-corrected chi connectivity index (χ4v) is 1.97. The van der Waals surface area contributed by atoms with Crippen molar-refractivity contribution in [1.82, 2.24) is 14.9 Å². The number of rotatable bonds is 9. The quantitative estimate of drug-likeness (QED) is 0.672. The zero-order valence-corrected chi connectivity index (χ0v) is 11.3. The lowest BCUT2D eigenvalue weighted by atomic mass is 10.1. The standard InChI is InChI=1S/C13H25N3O/c1-4-8-15-12(7-5-6-9-17-3)13-10-14-11-16(13)2/h10-12,15H,4-9H2,1-3H3. The Morgan fingerprint density at radius 1 is 1.47 bits per heavy atom. The number of ether oxygens (including phenoxy) is 1. The first kappa shape index (κ1) is 14.2. The molecule has 0 saturated carbocycles. The molecule has 1 aromatic heterocycles. The van der Waals surface area contributed by atoms with Crippen molar-refractivity contribution in [2.24, 2.45) is 7.05 Å². The Balaban J connectivity index is 2.46. The number of unbranched alkanes of at least 4 members (excludes halogenated alkanes) is 1. The van der Waals surface area contributed by atoms with Crippen molar-refractivity contribution in [3.8, 4) is 0 Å². The van der Waals surface area contributed by atoms with Gasteiger partial charge >= 0.3 is 0 Å². The number of nitrogens with zero attached hydrogens (tertiary/aromatic N) is 2. The highest BCUT2D eigenvalue weighted by Crippen LogP contribution is 2.18. The lowest BCUT2D eigenvalue weighted by Crippen LogP contribution is -2.24. The van der Waals surface area contributed by atoms with Gasteiger partial charge in [0.2, 0.25) is 0 Å². The average Bonchev–Trinajstić information content (AvgIpc) is 2.75. The Morgan fingerprint density at radius 3 is 2.88 bits per heavy atom. The molecule has 1 aromatic rings. The maximum Gasteiger partial charge on any atom is 0.0946 e. The minimum atomic E-state index is 0.416. The summed E-state index contributed by atoms with van der Waals surface area (Å²) >= 11 is 0. The van der Waals surface area contributed by atoms with Gasteiger partial charge in [-0.25, -0.2) is 4.98 Å². The summed E-state index contributed by atoms with van der Waals surface area (Å²) in [5.41, 5.74) is 1.27. The summed E-state index contributed by atoms with van der Waals surface area (Å²) in [6.07, 6.45) is 8.43. The van der Waals surface area contributed by atoms with Crippen LogP contribution < -0.4 is 5.32 Å². The smallest absolute Gasteiger partial charge is 0.0946 e. The molecule has 1 unspecified atom stereocenters. The molecule has 0 saturated heterocycles. The third kappa shape index (κ3) is 4.88. The van der Waals surface area contributed by atoms with Gasteiger partial charge in [-0.1, -0.05) is 6.92 Å². The molecular formula is C13H25N3O. The molecule has 1 atom stereocenters. The third-order valence-electron chi connectivity index (χ3n) is 2.94.